The lowest BCUT2D eigenvalue weighted by atomic mass is 10.4. The van der Waals surface area contributed by atoms with Gasteiger partial charge >= 0.3 is 0 Å². The molecule has 1 N–H and O–H groups in total. The molecule has 0 aliphatic rings. The third-order valence-corrected chi connectivity index (χ3v) is 1.37. The maximum absolute atomic E-state index is 12.9. The molecule has 0 saturated heterocycles. The van der Waals surface area contributed by atoms with Gasteiger partial charge in [-0.15, -0.1) is 0 Å². The van der Waals surface area contributed by atoms with Crippen LogP contribution in [0.2, 0.25) is 0 Å². The minimum Gasteiger partial charge on any atom is -0.272 e. The maximum Gasteiger partial charge on any atom is 0.242 e. The predicted octanol–water partition coefficient (Wildman–Crippen LogP) is 0.800. The number of hydrogen-bond acceptors (Lipinski definition) is 3. The van der Waals surface area contributed by atoms with E-state index in [1.807, 2.05) is 0 Å². The van der Waals surface area contributed by atoms with Gasteiger partial charge in [0.1, 0.15) is 16.9 Å². The minimum atomic E-state index is -0.551. The maximum atomic E-state index is 12.9. The van der Waals surface area contributed by atoms with E-state index in [4.69, 9.17) is 0 Å². The highest BCUT2D eigenvalue weighted by Crippen LogP contribution is 2.09. The molecule has 2 aromatic rings. The Labute approximate surface area is 61.5 Å². The summed E-state index contributed by atoms with van der Waals surface area (Å²) < 4.78 is 12.9. The molecule has 0 unspecified atom stereocenters. The first-order chi connectivity index (χ1) is 5.27. The van der Waals surface area contributed by atoms with E-state index in [1.165, 1.54) is 6.20 Å². The van der Waals surface area contributed by atoms with Gasteiger partial charge < -0.3 is 0 Å². The summed E-state index contributed by atoms with van der Waals surface area (Å²) in [4.78, 5) is 7.48. The van der Waals surface area contributed by atoms with Crippen LogP contribution in [0.3, 0.4) is 0 Å². The summed E-state index contributed by atoms with van der Waals surface area (Å²) in [5, 5.41) is 6.10. The molecule has 2 heterocycles. The summed E-state index contributed by atoms with van der Waals surface area (Å²) >= 11 is 0. The normalized spacial score (nSPS) is 10.7. The van der Waals surface area contributed by atoms with Gasteiger partial charge in [-0.25, -0.2) is 9.97 Å². The molecule has 0 bridgehead atoms. The van der Waals surface area contributed by atoms with Gasteiger partial charge in [0.15, 0.2) is 0 Å². The van der Waals surface area contributed by atoms with Crippen molar-refractivity contribution in [2.75, 3.05) is 0 Å². The highest BCUT2D eigenvalue weighted by atomic mass is 19.1. The third-order valence-electron chi connectivity index (χ3n) is 1.37. The number of nitrogens with one attached hydrogen (secondary N) is 1. The molecular formula is C6H5FN4. The van der Waals surface area contributed by atoms with Crippen molar-refractivity contribution >= 4 is 11.0 Å². The molecule has 0 aliphatic heterocycles. The van der Waals surface area contributed by atoms with Crippen molar-refractivity contribution in [1.29, 1.82) is 0 Å². The van der Waals surface area contributed by atoms with Crippen molar-refractivity contribution in [2.45, 2.75) is 6.92 Å². The van der Waals surface area contributed by atoms with Crippen LogP contribution in [0.5, 0.6) is 0 Å². The van der Waals surface area contributed by atoms with Crippen LogP contribution >= 0.6 is 0 Å². The van der Waals surface area contributed by atoms with E-state index in [-0.39, 0.29) is 5.52 Å². The summed E-state index contributed by atoms with van der Waals surface area (Å²) in [6.45, 7) is 1.63. The van der Waals surface area contributed by atoms with E-state index < -0.39 is 5.95 Å². The molecule has 0 atom stereocenters. The molecule has 0 amide bonds. The molecule has 0 radical (unpaired) electrons. The Kier molecular flexibility index (Phi) is 1.12. The lowest BCUT2D eigenvalue weighted by Gasteiger charge is -1.91. The monoisotopic (exact) mass is 152 g/mol. The number of halogens is 1. The van der Waals surface area contributed by atoms with Crippen molar-refractivity contribution in [3.63, 3.8) is 0 Å². The number of aromatic amines is 1. The van der Waals surface area contributed by atoms with Gasteiger partial charge in [0.2, 0.25) is 5.95 Å². The van der Waals surface area contributed by atoms with E-state index >= 15 is 0 Å². The van der Waals surface area contributed by atoms with Crippen LogP contribution in [-0.4, -0.2) is 20.2 Å². The van der Waals surface area contributed by atoms with Crippen LogP contribution in [0.1, 0.15) is 5.82 Å². The number of H-pyrrole nitrogens is 1. The quantitative estimate of drug-likeness (QED) is 0.568. The zero-order valence-corrected chi connectivity index (χ0v) is 5.80. The molecule has 0 saturated carbocycles. The van der Waals surface area contributed by atoms with Crippen molar-refractivity contribution in [1.82, 2.24) is 20.2 Å². The van der Waals surface area contributed by atoms with Crippen molar-refractivity contribution < 1.29 is 4.39 Å². The largest absolute Gasteiger partial charge is 0.272 e. The number of rotatable bonds is 0. The fourth-order valence-electron chi connectivity index (χ4n) is 0.914. The average molecular weight is 152 g/mol. The van der Waals surface area contributed by atoms with Crippen molar-refractivity contribution in [3.05, 3.63) is 18.0 Å². The molecule has 0 fully saturated rings. The molecule has 5 heteroatoms. The summed E-state index contributed by atoms with van der Waals surface area (Å²) in [5.74, 6) is -0.138. The van der Waals surface area contributed by atoms with E-state index in [0.29, 0.717) is 11.3 Å². The molecule has 4 nitrogen and oxygen atoms in total. The highest BCUT2D eigenvalue weighted by molar-refractivity contribution is 5.72. The smallest absolute Gasteiger partial charge is 0.242 e. The van der Waals surface area contributed by atoms with Crippen LogP contribution in [-0.2, 0) is 0 Å². The zero-order chi connectivity index (χ0) is 7.84. The minimum absolute atomic E-state index is 0.260. The Bertz CT molecular complexity index is 394. The second-order valence-corrected chi connectivity index (χ2v) is 2.19. The Morgan fingerprint density at radius 3 is 3.09 bits per heavy atom. The molecule has 56 valence electrons. The van der Waals surface area contributed by atoms with Crippen LogP contribution < -0.4 is 0 Å². The highest BCUT2D eigenvalue weighted by Gasteiger charge is 2.05. The van der Waals surface area contributed by atoms with E-state index in [2.05, 4.69) is 20.2 Å². The van der Waals surface area contributed by atoms with Gasteiger partial charge in [0, 0.05) is 0 Å². The molecule has 2 aromatic heterocycles. The van der Waals surface area contributed by atoms with Crippen molar-refractivity contribution in [2.24, 2.45) is 0 Å². The van der Waals surface area contributed by atoms with Gasteiger partial charge in [-0.05, 0) is 6.92 Å². The topological polar surface area (TPSA) is 54.5 Å². The Morgan fingerprint density at radius 1 is 1.45 bits per heavy atom. The Morgan fingerprint density at radius 2 is 2.27 bits per heavy atom. The molecule has 0 aromatic carbocycles. The average Bonchev–Trinajstić information content (AvgIpc) is 2.34. The summed E-state index contributed by atoms with van der Waals surface area (Å²) in [6, 6.07) is 0. The Balaban J connectivity index is 2.91. The van der Waals surface area contributed by atoms with E-state index in [9.17, 15) is 4.39 Å². The van der Waals surface area contributed by atoms with Gasteiger partial charge in [0.25, 0.3) is 0 Å². The second kappa shape index (κ2) is 1.98. The zero-order valence-electron chi connectivity index (χ0n) is 5.80. The van der Waals surface area contributed by atoms with E-state index in [1.54, 1.807) is 6.92 Å². The summed E-state index contributed by atoms with van der Waals surface area (Å²) in [7, 11) is 0. The fourth-order valence-corrected chi connectivity index (χ4v) is 0.914. The molecular weight excluding hydrogens is 147 g/mol. The van der Waals surface area contributed by atoms with Crippen molar-refractivity contribution in [3.8, 4) is 0 Å². The first-order valence-corrected chi connectivity index (χ1v) is 3.10. The van der Waals surface area contributed by atoms with Gasteiger partial charge in [-0.2, -0.15) is 9.49 Å². The number of hydrogen-bond donors (Lipinski definition) is 1. The molecule has 11 heavy (non-hydrogen) atoms. The number of aromatic nitrogens is 4. The standard InChI is InChI=1S/C6H5FN4/c1-3-9-4-2-8-11-5(4)6(7)10-3/h2H,1H3,(H,8,11). The lowest BCUT2D eigenvalue weighted by molar-refractivity contribution is 0.585. The number of aryl methyl sites for hydroxylation is 1. The number of fused-ring (bicyclic) bond motifs is 1. The number of nitrogens with zero attached hydrogens (tertiary/aromatic N) is 3. The van der Waals surface area contributed by atoms with Crippen LogP contribution in [0.25, 0.3) is 11.0 Å². The van der Waals surface area contributed by atoms with Gasteiger partial charge in [-0.3, -0.25) is 5.10 Å². The SMILES string of the molecule is Cc1nc(F)c2[nH]ncc2n1. The predicted molar refractivity (Wildman–Crippen MR) is 36.4 cm³/mol. The van der Waals surface area contributed by atoms with Crippen LogP contribution in [0, 0.1) is 12.9 Å². The fraction of sp³-hybridized carbons (Fsp3) is 0.167. The third kappa shape index (κ3) is 0.849. The second-order valence-electron chi connectivity index (χ2n) is 2.19. The van der Waals surface area contributed by atoms with Crippen LogP contribution in [0.4, 0.5) is 4.39 Å². The molecule has 0 aliphatic carbocycles. The first kappa shape index (κ1) is 6.21. The Hall–Kier alpha value is -1.52. The van der Waals surface area contributed by atoms with Crippen LogP contribution in [0.15, 0.2) is 6.20 Å². The van der Waals surface area contributed by atoms with E-state index in [0.717, 1.165) is 0 Å². The summed E-state index contributed by atoms with van der Waals surface area (Å²) in [5.41, 5.74) is 0.769. The van der Waals surface area contributed by atoms with Gasteiger partial charge in [-0.1, -0.05) is 0 Å². The lowest BCUT2D eigenvalue weighted by Crippen LogP contribution is -1.92. The molecule has 0 spiro atoms. The first-order valence-electron chi connectivity index (χ1n) is 3.10. The summed E-state index contributed by atoms with van der Waals surface area (Å²) in [6.07, 6.45) is 1.47. The van der Waals surface area contributed by atoms with Gasteiger partial charge in [0.05, 0.1) is 6.20 Å². The molecule has 2 rings (SSSR count).